The average molecular weight is 663 g/mol. The van der Waals surface area contributed by atoms with Crippen molar-refractivity contribution in [3.8, 4) is 56.2 Å². The van der Waals surface area contributed by atoms with Crippen LogP contribution in [0.5, 0.6) is 0 Å². The van der Waals surface area contributed by atoms with Crippen molar-refractivity contribution in [1.29, 1.82) is 0 Å². The second-order valence-corrected chi connectivity index (χ2v) is 13.1. The Labute approximate surface area is 300 Å². The van der Waals surface area contributed by atoms with Gasteiger partial charge >= 0.3 is 0 Å². The SMILES string of the molecule is c1cnc2ccc(-c3cc(-c4ccc5ncccc5c4)cc(-c4nc(-c5cccc6ccccc56)cc(-c5cccc6ccccc56)n4)c3)cc2c1. The molecular formula is C48H30N4. The summed E-state index contributed by atoms with van der Waals surface area (Å²) in [6.07, 6.45) is 3.67. The van der Waals surface area contributed by atoms with Gasteiger partial charge in [-0.2, -0.15) is 0 Å². The molecule has 0 unspecified atom stereocenters. The predicted molar refractivity (Wildman–Crippen MR) is 215 cm³/mol. The number of hydrogen-bond acceptors (Lipinski definition) is 4. The Kier molecular flexibility index (Phi) is 7.10. The van der Waals surface area contributed by atoms with Gasteiger partial charge in [-0.15, -0.1) is 0 Å². The van der Waals surface area contributed by atoms with E-state index in [0.717, 1.165) is 82.9 Å². The molecule has 0 spiro atoms. The summed E-state index contributed by atoms with van der Waals surface area (Å²) in [4.78, 5) is 19.9. The summed E-state index contributed by atoms with van der Waals surface area (Å²) in [6, 6.07) is 59.8. The third-order valence-corrected chi connectivity index (χ3v) is 9.92. The van der Waals surface area contributed by atoms with Gasteiger partial charge in [0.15, 0.2) is 5.82 Å². The Morgan fingerprint density at radius 1 is 0.308 bits per heavy atom. The smallest absolute Gasteiger partial charge is 0.160 e. The van der Waals surface area contributed by atoms with Gasteiger partial charge in [0.2, 0.25) is 0 Å². The number of pyridine rings is 2. The van der Waals surface area contributed by atoms with Gasteiger partial charge in [-0.3, -0.25) is 9.97 Å². The molecule has 0 fully saturated rings. The summed E-state index contributed by atoms with van der Waals surface area (Å²) in [5.74, 6) is 0.668. The van der Waals surface area contributed by atoms with Gasteiger partial charge in [0.25, 0.3) is 0 Å². The van der Waals surface area contributed by atoms with Crippen LogP contribution in [0.1, 0.15) is 0 Å². The van der Waals surface area contributed by atoms with Crippen LogP contribution in [0, 0.1) is 0 Å². The number of nitrogens with zero attached hydrogens (tertiary/aromatic N) is 4. The van der Waals surface area contributed by atoms with Gasteiger partial charge < -0.3 is 0 Å². The summed E-state index contributed by atoms with van der Waals surface area (Å²) >= 11 is 0. The van der Waals surface area contributed by atoms with Crippen molar-refractivity contribution in [2.45, 2.75) is 0 Å². The van der Waals surface area contributed by atoms with Crippen molar-refractivity contribution < 1.29 is 0 Å². The number of aromatic nitrogens is 4. The van der Waals surface area contributed by atoms with Crippen LogP contribution in [-0.4, -0.2) is 19.9 Å². The quantitative estimate of drug-likeness (QED) is 0.184. The first-order valence-electron chi connectivity index (χ1n) is 17.4. The van der Waals surface area contributed by atoms with E-state index in [1.165, 1.54) is 10.8 Å². The van der Waals surface area contributed by atoms with Crippen LogP contribution in [0.4, 0.5) is 0 Å². The minimum absolute atomic E-state index is 0.668. The first-order valence-corrected chi connectivity index (χ1v) is 17.4. The van der Waals surface area contributed by atoms with Crippen LogP contribution < -0.4 is 0 Å². The summed E-state index contributed by atoms with van der Waals surface area (Å²) in [7, 11) is 0. The minimum atomic E-state index is 0.668. The topological polar surface area (TPSA) is 51.6 Å². The fourth-order valence-corrected chi connectivity index (χ4v) is 7.35. The Bertz CT molecular complexity index is 2780. The van der Waals surface area contributed by atoms with Gasteiger partial charge in [0, 0.05) is 39.9 Å². The Morgan fingerprint density at radius 3 is 1.31 bits per heavy atom. The molecule has 10 aromatic rings. The van der Waals surface area contributed by atoms with E-state index in [-0.39, 0.29) is 0 Å². The van der Waals surface area contributed by atoms with Gasteiger partial charge in [0.1, 0.15) is 0 Å². The van der Waals surface area contributed by atoms with Crippen LogP contribution in [-0.2, 0) is 0 Å². The van der Waals surface area contributed by atoms with E-state index in [1.807, 2.05) is 24.5 Å². The number of fused-ring (bicyclic) bond motifs is 4. The summed E-state index contributed by atoms with van der Waals surface area (Å²) in [6.45, 7) is 0. The lowest BCUT2D eigenvalue weighted by molar-refractivity contribution is 1.19. The molecule has 0 amide bonds. The Hall–Kier alpha value is -7.04. The summed E-state index contributed by atoms with van der Waals surface area (Å²) < 4.78 is 0. The zero-order valence-electron chi connectivity index (χ0n) is 28.1. The van der Waals surface area contributed by atoms with Gasteiger partial charge in [-0.05, 0) is 104 Å². The monoisotopic (exact) mass is 662 g/mol. The lowest BCUT2D eigenvalue weighted by Crippen LogP contribution is -1.98. The fraction of sp³-hybridized carbons (Fsp3) is 0. The average Bonchev–Trinajstić information content (AvgIpc) is 3.22. The lowest BCUT2D eigenvalue weighted by atomic mass is 9.94. The molecule has 7 aromatic carbocycles. The number of hydrogen-bond donors (Lipinski definition) is 0. The fourth-order valence-electron chi connectivity index (χ4n) is 7.35. The standard InChI is InChI=1S/C48H30N4/c1-3-15-40-31(9-1)11-5-17-42(40)46-30-47(43-18-6-12-32-10-2-4-16-41(32)43)52-48(51-46)39-28-37(33-19-21-44-35(25-33)13-7-23-49-44)27-38(29-39)34-20-22-45-36(26-34)14-8-24-50-45/h1-30H. The van der Waals surface area contributed by atoms with Gasteiger partial charge in [-0.1, -0.05) is 109 Å². The molecule has 0 radical (unpaired) electrons. The minimum Gasteiger partial charge on any atom is -0.256 e. The highest BCUT2D eigenvalue weighted by Gasteiger charge is 2.16. The highest BCUT2D eigenvalue weighted by atomic mass is 14.9. The van der Waals surface area contributed by atoms with E-state index < -0.39 is 0 Å². The maximum absolute atomic E-state index is 5.37. The second kappa shape index (κ2) is 12.4. The molecule has 0 bridgehead atoms. The molecule has 242 valence electrons. The van der Waals surface area contributed by atoms with Crippen LogP contribution in [0.25, 0.3) is 99.5 Å². The zero-order valence-corrected chi connectivity index (χ0v) is 28.1. The molecule has 3 aromatic heterocycles. The van der Waals surface area contributed by atoms with E-state index in [4.69, 9.17) is 9.97 Å². The van der Waals surface area contributed by atoms with Crippen molar-refractivity contribution in [2.75, 3.05) is 0 Å². The Balaban J connectivity index is 1.24. The maximum Gasteiger partial charge on any atom is 0.160 e. The molecular weight excluding hydrogens is 633 g/mol. The molecule has 10 rings (SSSR count). The molecule has 4 nitrogen and oxygen atoms in total. The molecule has 0 aliphatic heterocycles. The highest BCUT2D eigenvalue weighted by Crippen LogP contribution is 2.38. The van der Waals surface area contributed by atoms with Crippen molar-refractivity contribution in [1.82, 2.24) is 19.9 Å². The van der Waals surface area contributed by atoms with E-state index in [2.05, 4.69) is 168 Å². The normalized spacial score (nSPS) is 11.5. The number of benzene rings is 7. The molecule has 0 aliphatic carbocycles. The molecule has 4 heteroatoms. The second-order valence-electron chi connectivity index (χ2n) is 13.1. The van der Waals surface area contributed by atoms with E-state index >= 15 is 0 Å². The summed E-state index contributed by atoms with van der Waals surface area (Å²) in [5.41, 5.74) is 11.1. The molecule has 52 heavy (non-hydrogen) atoms. The molecule has 0 saturated heterocycles. The maximum atomic E-state index is 5.37. The van der Waals surface area contributed by atoms with E-state index in [9.17, 15) is 0 Å². The lowest BCUT2D eigenvalue weighted by Gasteiger charge is -2.15. The third-order valence-electron chi connectivity index (χ3n) is 9.92. The van der Waals surface area contributed by atoms with Crippen LogP contribution in [0.15, 0.2) is 182 Å². The zero-order chi connectivity index (χ0) is 34.4. The van der Waals surface area contributed by atoms with Crippen molar-refractivity contribution >= 4 is 43.4 Å². The molecule has 0 aliphatic rings. The largest absolute Gasteiger partial charge is 0.256 e. The van der Waals surface area contributed by atoms with Gasteiger partial charge in [0.05, 0.1) is 22.4 Å². The molecule has 0 saturated carbocycles. The summed E-state index contributed by atoms with van der Waals surface area (Å²) in [5, 5.41) is 6.85. The molecule has 0 N–H and O–H groups in total. The number of rotatable bonds is 5. The first-order chi connectivity index (χ1) is 25.7. The Morgan fingerprint density at radius 2 is 0.769 bits per heavy atom. The van der Waals surface area contributed by atoms with Gasteiger partial charge in [-0.25, -0.2) is 9.97 Å². The van der Waals surface area contributed by atoms with Crippen LogP contribution in [0.2, 0.25) is 0 Å². The van der Waals surface area contributed by atoms with Crippen LogP contribution >= 0.6 is 0 Å². The molecule has 0 atom stereocenters. The first kappa shape index (κ1) is 29.8. The predicted octanol–water partition coefficient (Wildman–Crippen LogP) is 12.2. The van der Waals surface area contributed by atoms with Crippen molar-refractivity contribution in [3.63, 3.8) is 0 Å². The van der Waals surface area contributed by atoms with Crippen LogP contribution in [0.3, 0.4) is 0 Å². The molecule has 3 heterocycles. The van der Waals surface area contributed by atoms with E-state index in [0.29, 0.717) is 5.82 Å². The van der Waals surface area contributed by atoms with E-state index in [1.54, 1.807) is 0 Å². The third kappa shape index (κ3) is 5.34. The van der Waals surface area contributed by atoms with Crippen molar-refractivity contribution in [3.05, 3.63) is 182 Å². The van der Waals surface area contributed by atoms with Crippen molar-refractivity contribution in [2.24, 2.45) is 0 Å². The highest BCUT2D eigenvalue weighted by molar-refractivity contribution is 5.99.